The van der Waals surface area contributed by atoms with E-state index in [2.05, 4.69) is 6.58 Å². The zero-order chi connectivity index (χ0) is 16.3. The number of hydrogen-bond acceptors (Lipinski definition) is 5. The van der Waals surface area contributed by atoms with E-state index < -0.39 is 39.4 Å². The van der Waals surface area contributed by atoms with Crippen molar-refractivity contribution >= 4 is 22.0 Å². The summed E-state index contributed by atoms with van der Waals surface area (Å²) in [5.74, 6) is -2.67. The van der Waals surface area contributed by atoms with Gasteiger partial charge in [-0.1, -0.05) is 6.58 Å². The lowest BCUT2D eigenvalue weighted by molar-refractivity contribution is -0.145. The van der Waals surface area contributed by atoms with Gasteiger partial charge in [-0.05, 0) is 25.7 Å². The molecule has 1 amide bonds. The molecule has 10 heteroatoms. The van der Waals surface area contributed by atoms with Gasteiger partial charge < -0.3 is 10.1 Å². The third-order valence-electron chi connectivity index (χ3n) is 3.05. The minimum absolute atomic E-state index is 0.238. The van der Waals surface area contributed by atoms with Gasteiger partial charge in [0.15, 0.2) is 0 Å². The van der Waals surface area contributed by atoms with Gasteiger partial charge in [0.25, 0.3) is 0 Å². The predicted octanol–water partition coefficient (Wildman–Crippen LogP) is 0.624. The minimum Gasteiger partial charge on any atom is -0.459 e. The average Bonchev–Trinajstić information content (AvgIpc) is 2.39. The van der Waals surface area contributed by atoms with Crippen LogP contribution < -0.4 is 5.32 Å². The van der Waals surface area contributed by atoms with Gasteiger partial charge in [0.05, 0.1) is 0 Å². The summed E-state index contributed by atoms with van der Waals surface area (Å²) in [6, 6.07) is -0.677. The molecule has 0 saturated heterocycles. The molecule has 0 unspecified atom stereocenters. The van der Waals surface area contributed by atoms with Crippen LogP contribution in [-0.2, 0) is 24.4 Å². The van der Waals surface area contributed by atoms with Gasteiger partial charge in [0.2, 0.25) is 0 Å². The number of halogens is 2. The molecule has 1 aliphatic rings. The number of carbonyl (C=O) groups excluding carboxylic acids is 2. The van der Waals surface area contributed by atoms with E-state index >= 15 is 0 Å². The van der Waals surface area contributed by atoms with E-state index in [1.807, 2.05) is 5.32 Å². The first kappa shape index (κ1) is 17.5. The van der Waals surface area contributed by atoms with Crippen LogP contribution in [0.15, 0.2) is 12.7 Å². The maximum Gasteiger partial charge on any atom is 0.446 e. The molecular weight excluding hydrogens is 312 g/mol. The Morgan fingerprint density at radius 2 is 1.81 bits per heavy atom. The quantitative estimate of drug-likeness (QED) is 0.435. The van der Waals surface area contributed by atoms with Crippen LogP contribution in [0.4, 0.5) is 8.78 Å². The van der Waals surface area contributed by atoms with Gasteiger partial charge in [-0.2, -0.15) is 17.2 Å². The van der Waals surface area contributed by atoms with Gasteiger partial charge in [-0.3, -0.25) is 9.35 Å². The van der Waals surface area contributed by atoms with Crippen molar-refractivity contribution in [2.24, 2.45) is 0 Å². The lowest BCUT2D eigenvalue weighted by Gasteiger charge is -2.29. The maximum absolute atomic E-state index is 13.0. The number of ether oxygens (including phenoxy) is 1. The van der Waals surface area contributed by atoms with E-state index in [4.69, 9.17) is 9.29 Å². The molecule has 21 heavy (non-hydrogen) atoms. The van der Waals surface area contributed by atoms with Crippen molar-refractivity contribution in [3.63, 3.8) is 0 Å². The Labute approximate surface area is 120 Å². The third-order valence-corrected chi connectivity index (χ3v) is 3.88. The highest BCUT2D eigenvalue weighted by molar-refractivity contribution is 7.87. The van der Waals surface area contributed by atoms with Gasteiger partial charge in [0.1, 0.15) is 6.10 Å². The summed E-state index contributed by atoms with van der Waals surface area (Å²) < 4.78 is 60.2. The molecule has 7 nitrogen and oxygen atoms in total. The summed E-state index contributed by atoms with van der Waals surface area (Å²) >= 11 is 0. The van der Waals surface area contributed by atoms with Crippen LogP contribution in [0.5, 0.6) is 0 Å². The number of hydrogen-bond donors (Lipinski definition) is 2. The Hall–Kier alpha value is -1.55. The molecule has 1 rings (SSSR count). The number of rotatable bonds is 5. The molecule has 0 aliphatic heterocycles. The van der Waals surface area contributed by atoms with Crippen LogP contribution in [0.2, 0.25) is 0 Å². The molecule has 0 aromatic heterocycles. The predicted molar refractivity (Wildman–Crippen MR) is 67.0 cm³/mol. The van der Waals surface area contributed by atoms with Crippen molar-refractivity contribution in [3.8, 4) is 0 Å². The van der Waals surface area contributed by atoms with E-state index in [-0.39, 0.29) is 12.8 Å². The highest BCUT2D eigenvalue weighted by Crippen LogP contribution is 2.25. The first-order valence-electron chi connectivity index (χ1n) is 6.06. The van der Waals surface area contributed by atoms with Gasteiger partial charge in [0, 0.05) is 12.1 Å². The third kappa shape index (κ3) is 4.46. The first-order chi connectivity index (χ1) is 9.57. The number of nitrogens with one attached hydrogen (secondary N) is 1. The Morgan fingerprint density at radius 1 is 1.29 bits per heavy atom. The molecule has 0 heterocycles. The molecule has 0 radical (unpaired) electrons. The van der Waals surface area contributed by atoms with Crippen molar-refractivity contribution in [3.05, 3.63) is 12.7 Å². The topological polar surface area (TPSA) is 110 Å². The monoisotopic (exact) mass is 327 g/mol. The summed E-state index contributed by atoms with van der Waals surface area (Å²) in [6.07, 6.45) is 1.75. The van der Waals surface area contributed by atoms with Gasteiger partial charge >= 0.3 is 27.2 Å². The average molecular weight is 327 g/mol. The summed E-state index contributed by atoms with van der Waals surface area (Å²) in [4.78, 5) is 22.2. The van der Waals surface area contributed by atoms with Crippen molar-refractivity contribution in [2.75, 3.05) is 0 Å². The fourth-order valence-corrected chi connectivity index (χ4v) is 2.22. The zero-order valence-electron chi connectivity index (χ0n) is 10.9. The molecule has 0 aromatic carbocycles. The fraction of sp³-hybridized carbons (Fsp3) is 0.636. The van der Waals surface area contributed by atoms with Crippen LogP contribution >= 0.6 is 0 Å². The van der Waals surface area contributed by atoms with E-state index in [1.165, 1.54) is 0 Å². The normalized spacial score (nSPS) is 23.2. The van der Waals surface area contributed by atoms with Crippen LogP contribution in [-0.4, -0.2) is 42.2 Å². The minimum atomic E-state index is -5.81. The smallest absolute Gasteiger partial charge is 0.446 e. The lowest BCUT2D eigenvalue weighted by atomic mass is 9.93. The second-order valence-corrected chi connectivity index (χ2v) is 6.04. The Morgan fingerprint density at radius 3 is 2.24 bits per heavy atom. The largest absolute Gasteiger partial charge is 0.459 e. The molecule has 120 valence electrons. The number of amides is 1. The molecular formula is C11H15F2NO6S. The summed E-state index contributed by atoms with van der Waals surface area (Å²) in [6.45, 7) is 3.24. The molecule has 0 aromatic rings. The standard InChI is InChI=1S/C11H15F2NO6S/c1-2-9(15)20-8-5-3-7(4-6-8)14-10(16)11(12,13)21(17,18)19/h2,7-8H,1,3-6H2,(H,14,16)(H,17,18,19). The molecule has 2 N–H and O–H groups in total. The van der Waals surface area contributed by atoms with Crippen LogP contribution in [0, 0.1) is 0 Å². The summed E-state index contributed by atoms with van der Waals surface area (Å²) in [5.41, 5.74) is 0. The van der Waals surface area contributed by atoms with E-state index in [0.717, 1.165) is 6.08 Å². The Bertz CT molecular complexity index is 525. The maximum atomic E-state index is 13.0. The van der Waals surface area contributed by atoms with Crippen LogP contribution in [0.25, 0.3) is 0 Å². The molecule has 0 bridgehead atoms. The highest BCUT2D eigenvalue weighted by Gasteiger charge is 2.52. The highest BCUT2D eigenvalue weighted by atomic mass is 32.2. The number of esters is 1. The second kappa shape index (κ2) is 6.48. The van der Waals surface area contributed by atoms with Crippen LogP contribution in [0.3, 0.4) is 0 Å². The molecule has 0 spiro atoms. The van der Waals surface area contributed by atoms with E-state index in [0.29, 0.717) is 12.8 Å². The van der Waals surface area contributed by atoms with Crippen molar-refractivity contribution in [2.45, 2.75) is 43.1 Å². The van der Waals surface area contributed by atoms with Gasteiger partial charge in [-0.15, -0.1) is 0 Å². The first-order valence-corrected chi connectivity index (χ1v) is 7.50. The zero-order valence-corrected chi connectivity index (χ0v) is 11.7. The lowest BCUT2D eigenvalue weighted by Crippen LogP contribution is -2.50. The van der Waals surface area contributed by atoms with Gasteiger partial charge in [-0.25, -0.2) is 4.79 Å². The van der Waals surface area contributed by atoms with Crippen molar-refractivity contribution < 1.29 is 36.1 Å². The molecule has 1 aliphatic carbocycles. The number of alkyl halides is 2. The SMILES string of the molecule is C=CC(=O)OC1CCC(NC(=O)C(F)(F)S(=O)(=O)O)CC1. The second-order valence-electron chi connectivity index (χ2n) is 4.58. The fourth-order valence-electron chi connectivity index (χ4n) is 1.92. The van der Waals surface area contributed by atoms with E-state index in [1.54, 1.807) is 0 Å². The molecule has 1 fully saturated rings. The summed E-state index contributed by atoms with van der Waals surface area (Å²) in [5, 5.41) is -3.02. The van der Waals surface area contributed by atoms with Crippen LogP contribution in [0.1, 0.15) is 25.7 Å². The molecule has 1 saturated carbocycles. The summed E-state index contributed by atoms with van der Waals surface area (Å²) in [7, 11) is -5.81. The van der Waals surface area contributed by atoms with Crippen molar-refractivity contribution in [1.29, 1.82) is 0 Å². The number of carbonyl (C=O) groups is 2. The molecule has 0 atom stereocenters. The van der Waals surface area contributed by atoms with Crippen molar-refractivity contribution in [1.82, 2.24) is 5.32 Å². The Kier molecular flexibility index (Phi) is 5.40. The Balaban J connectivity index is 2.51. The van der Waals surface area contributed by atoms with E-state index in [9.17, 15) is 26.8 Å².